The Balaban J connectivity index is 2.60. The quantitative estimate of drug-likeness (QED) is 0.728. The van der Waals surface area contributed by atoms with Crippen molar-refractivity contribution < 1.29 is 19.7 Å². The van der Waals surface area contributed by atoms with E-state index in [0.29, 0.717) is 12.2 Å². The van der Waals surface area contributed by atoms with Crippen LogP contribution in [-0.4, -0.2) is 22.5 Å². The van der Waals surface area contributed by atoms with E-state index in [-0.39, 0.29) is 5.56 Å². The van der Waals surface area contributed by atoms with Crippen LogP contribution >= 0.6 is 0 Å². The third-order valence-electron chi connectivity index (χ3n) is 1.91. The molecule has 1 rings (SSSR count). The lowest BCUT2D eigenvalue weighted by molar-refractivity contribution is -0.0233. The first-order valence-electron chi connectivity index (χ1n) is 4.81. The summed E-state index contributed by atoms with van der Waals surface area (Å²) < 4.78 is 5.15. The standard InChI is InChI=1S/C11H14O4/c1-2-3-10(12)15-9-6-4-8(5-7-9)11(13)14/h4-7,10,12H,2-3H2,1H3,(H,13,14). The van der Waals surface area contributed by atoms with E-state index in [2.05, 4.69) is 0 Å². The third-order valence-corrected chi connectivity index (χ3v) is 1.91. The van der Waals surface area contributed by atoms with Crippen LogP contribution in [0.25, 0.3) is 0 Å². The first kappa shape index (κ1) is 11.5. The van der Waals surface area contributed by atoms with Crippen LogP contribution in [0.5, 0.6) is 5.75 Å². The molecule has 2 N–H and O–H groups in total. The molecule has 0 radical (unpaired) electrons. The van der Waals surface area contributed by atoms with Crippen LogP contribution in [0.15, 0.2) is 24.3 Å². The van der Waals surface area contributed by atoms with Gasteiger partial charge in [0, 0.05) is 6.42 Å². The highest BCUT2D eigenvalue weighted by molar-refractivity contribution is 5.87. The molecule has 0 saturated heterocycles. The smallest absolute Gasteiger partial charge is 0.335 e. The molecule has 0 heterocycles. The molecular weight excluding hydrogens is 196 g/mol. The Morgan fingerprint density at radius 1 is 1.40 bits per heavy atom. The molecule has 1 atom stereocenters. The van der Waals surface area contributed by atoms with Gasteiger partial charge in [0.15, 0.2) is 6.29 Å². The minimum Gasteiger partial charge on any atom is -0.478 e. The van der Waals surface area contributed by atoms with Gasteiger partial charge in [0.1, 0.15) is 5.75 Å². The van der Waals surface area contributed by atoms with Gasteiger partial charge in [-0.05, 0) is 24.3 Å². The van der Waals surface area contributed by atoms with Crippen molar-refractivity contribution in [2.24, 2.45) is 0 Å². The second-order valence-corrected chi connectivity index (χ2v) is 3.19. The van der Waals surface area contributed by atoms with Gasteiger partial charge in [0.05, 0.1) is 5.56 Å². The van der Waals surface area contributed by atoms with Gasteiger partial charge in [-0.1, -0.05) is 13.3 Å². The zero-order valence-electron chi connectivity index (χ0n) is 8.51. The molecule has 1 aromatic carbocycles. The number of rotatable bonds is 5. The van der Waals surface area contributed by atoms with Gasteiger partial charge < -0.3 is 14.9 Å². The summed E-state index contributed by atoms with van der Waals surface area (Å²) in [6.45, 7) is 1.94. The number of carbonyl (C=O) groups is 1. The Morgan fingerprint density at radius 2 is 2.00 bits per heavy atom. The Kier molecular flexibility index (Phi) is 4.12. The highest BCUT2D eigenvalue weighted by Crippen LogP contribution is 2.14. The van der Waals surface area contributed by atoms with E-state index in [1.54, 1.807) is 0 Å². The zero-order valence-corrected chi connectivity index (χ0v) is 8.51. The number of aliphatic hydroxyl groups is 1. The van der Waals surface area contributed by atoms with Crippen molar-refractivity contribution in [3.63, 3.8) is 0 Å². The van der Waals surface area contributed by atoms with Gasteiger partial charge in [-0.25, -0.2) is 4.79 Å². The van der Waals surface area contributed by atoms with Gasteiger partial charge in [-0.15, -0.1) is 0 Å². The summed E-state index contributed by atoms with van der Waals surface area (Å²) in [4.78, 5) is 10.5. The van der Waals surface area contributed by atoms with Crippen molar-refractivity contribution in [1.29, 1.82) is 0 Å². The number of aromatic carboxylic acids is 1. The Bertz CT molecular complexity index is 318. The predicted octanol–water partition coefficient (Wildman–Crippen LogP) is 1.88. The summed E-state index contributed by atoms with van der Waals surface area (Å²) in [7, 11) is 0. The average molecular weight is 210 g/mol. The molecule has 0 saturated carbocycles. The summed E-state index contributed by atoms with van der Waals surface area (Å²) in [5, 5.41) is 18.0. The van der Waals surface area contributed by atoms with Gasteiger partial charge in [-0.3, -0.25) is 0 Å². The summed E-state index contributed by atoms with van der Waals surface area (Å²) in [5.74, 6) is -0.503. The third kappa shape index (κ3) is 3.59. The fourth-order valence-corrected chi connectivity index (χ4v) is 1.14. The normalized spacial score (nSPS) is 12.1. The molecule has 1 unspecified atom stereocenters. The van der Waals surface area contributed by atoms with Gasteiger partial charge in [0.2, 0.25) is 0 Å². The topological polar surface area (TPSA) is 66.8 Å². The molecule has 0 fully saturated rings. The van der Waals surface area contributed by atoms with Crippen LogP contribution in [0.3, 0.4) is 0 Å². The maximum atomic E-state index is 10.5. The van der Waals surface area contributed by atoms with Crippen molar-refractivity contribution in [3.05, 3.63) is 29.8 Å². The van der Waals surface area contributed by atoms with Crippen LogP contribution < -0.4 is 4.74 Å². The number of carboxylic acid groups (broad SMARTS) is 1. The van der Waals surface area contributed by atoms with Crippen LogP contribution in [-0.2, 0) is 0 Å². The maximum Gasteiger partial charge on any atom is 0.335 e. The van der Waals surface area contributed by atoms with E-state index in [4.69, 9.17) is 9.84 Å². The molecule has 0 aromatic heterocycles. The lowest BCUT2D eigenvalue weighted by atomic mass is 10.2. The van der Waals surface area contributed by atoms with E-state index in [0.717, 1.165) is 6.42 Å². The Labute approximate surface area is 88.1 Å². The van der Waals surface area contributed by atoms with Gasteiger partial charge >= 0.3 is 5.97 Å². The molecule has 0 aliphatic carbocycles. The molecule has 0 aliphatic rings. The lowest BCUT2D eigenvalue weighted by Crippen LogP contribution is -2.14. The SMILES string of the molecule is CCCC(O)Oc1ccc(C(=O)O)cc1. The molecule has 0 aliphatic heterocycles. The van der Waals surface area contributed by atoms with Gasteiger partial charge in [-0.2, -0.15) is 0 Å². The van der Waals surface area contributed by atoms with Crippen molar-refractivity contribution in [3.8, 4) is 5.75 Å². The first-order valence-corrected chi connectivity index (χ1v) is 4.81. The number of hydrogen-bond acceptors (Lipinski definition) is 3. The van der Waals surface area contributed by atoms with Crippen LogP contribution in [0.2, 0.25) is 0 Å². The van der Waals surface area contributed by atoms with Crippen LogP contribution in [0.1, 0.15) is 30.1 Å². The van der Waals surface area contributed by atoms with Crippen LogP contribution in [0.4, 0.5) is 0 Å². The molecular formula is C11H14O4. The monoisotopic (exact) mass is 210 g/mol. The minimum atomic E-state index is -0.976. The molecule has 0 amide bonds. The molecule has 4 heteroatoms. The van der Waals surface area contributed by atoms with E-state index in [1.807, 2.05) is 6.92 Å². The molecule has 0 bridgehead atoms. The fourth-order valence-electron chi connectivity index (χ4n) is 1.14. The Morgan fingerprint density at radius 3 is 2.47 bits per heavy atom. The molecule has 1 aromatic rings. The number of ether oxygens (including phenoxy) is 1. The summed E-state index contributed by atoms with van der Waals surface area (Å²) >= 11 is 0. The van der Waals surface area contributed by atoms with E-state index in [1.165, 1.54) is 24.3 Å². The van der Waals surface area contributed by atoms with Crippen molar-refractivity contribution in [1.82, 2.24) is 0 Å². The molecule has 82 valence electrons. The van der Waals surface area contributed by atoms with Gasteiger partial charge in [0.25, 0.3) is 0 Å². The van der Waals surface area contributed by atoms with Crippen molar-refractivity contribution in [2.45, 2.75) is 26.1 Å². The highest BCUT2D eigenvalue weighted by Gasteiger charge is 2.06. The number of hydrogen-bond donors (Lipinski definition) is 2. The zero-order chi connectivity index (χ0) is 11.3. The molecule has 15 heavy (non-hydrogen) atoms. The van der Waals surface area contributed by atoms with E-state index < -0.39 is 12.3 Å². The largest absolute Gasteiger partial charge is 0.478 e. The molecule has 4 nitrogen and oxygen atoms in total. The van der Waals surface area contributed by atoms with E-state index >= 15 is 0 Å². The van der Waals surface area contributed by atoms with Crippen LogP contribution in [0, 0.1) is 0 Å². The van der Waals surface area contributed by atoms with Crippen molar-refractivity contribution in [2.75, 3.05) is 0 Å². The Hall–Kier alpha value is -1.55. The predicted molar refractivity (Wildman–Crippen MR) is 54.9 cm³/mol. The fraction of sp³-hybridized carbons (Fsp3) is 0.364. The second-order valence-electron chi connectivity index (χ2n) is 3.19. The number of carboxylic acids is 1. The lowest BCUT2D eigenvalue weighted by Gasteiger charge is -2.12. The number of aliphatic hydroxyl groups excluding tert-OH is 1. The summed E-state index contributed by atoms with van der Waals surface area (Å²) in [6, 6.07) is 5.94. The number of benzene rings is 1. The summed E-state index contributed by atoms with van der Waals surface area (Å²) in [5.41, 5.74) is 0.201. The first-order chi connectivity index (χ1) is 7.13. The average Bonchev–Trinajstić information content (AvgIpc) is 2.18. The second kappa shape index (κ2) is 5.36. The van der Waals surface area contributed by atoms with Crippen molar-refractivity contribution >= 4 is 5.97 Å². The maximum absolute atomic E-state index is 10.5. The summed E-state index contributed by atoms with van der Waals surface area (Å²) in [6.07, 6.45) is 0.556. The molecule has 0 spiro atoms. The highest BCUT2D eigenvalue weighted by atomic mass is 16.6. The van der Waals surface area contributed by atoms with E-state index in [9.17, 15) is 9.90 Å². The minimum absolute atomic E-state index is 0.201.